The van der Waals surface area contributed by atoms with Crippen LogP contribution in [0.3, 0.4) is 0 Å². The highest BCUT2D eigenvalue weighted by Crippen LogP contribution is 2.25. The Morgan fingerprint density at radius 3 is 2.28 bits per heavy atom. The summed E-state index contributed by atoms with van der Waals surface area (Å²) >= 11 is 1.04. The first-order valence-corrected chi connectivity index (χ1v) is 12.1. The van der Waals surface area contributed by atoms with Crippen LogP contribution in [0.5, 0.6) is 5.75 Å². The third-order valence-corrected chi connectivity index (χ3v) is 5.86. The molecule has 12 nitrogen and oxygen atoms in total. The highest BCUT2D eigenvalue weighted by molar-refractivity contribution is 7.17. The van der Waals surface area contributed by atoms with E-state index in [1.165, 1.54) is 42.6 Å². The number of carbonyl (C=O) groups excluding carboxylic acids is 2. The fourth-order valence-electron chi connectivity index (χ4n) is 2.95. The second kappa shape index (κ2) is 14.2. The van der Waals surface area contributed by atoms with Crippen LogP contribution in [-0.4, -0.2) is 57.9 Å². The fraction of sp³-hybridized carbons (Fsp3) is 0.200. The molecule has 3 rings (SSSR count). The van der Waals surface area contributed by atoms with E-state index in [2.05, 4.69) is 10.3 Å². The molecule has 0 radical (unpaired) electrons. The first-order chi connectivity index (χ1) is 18.4. The number of aliphatic carboxylic acids is 1. The van der Waals surface area contributed by atoms with Crippen molar-refractivity contribution in [1.29, 1.82) is 5.41 Å². The SMILES string of the molecule is CC(=O)O.CCN(CCC(=O)Nc1ccc(C(=O)O)cc1)c1ncc(C(=O)Oc2ccc(C(=N)N)cc2F)s1. The minimum Gasteiger partial charge on any atom is -0.481 e. The molecule has 3 aromatic rings. The summed E-state index contributed by atoms with van der Waals surface area (Å²) in [5.41, 5.74) is 6.09. The monoisotopic (exact) mass is 559 g/mol. The molecule has 0 fully saturated rings. The Morgan fingerprint density at radius 1 is 1.13 bits per heavy atom. The van der Waals surface area contributed by atoms with Gasteiger partial charge in [0.25, 0.3) is 5.97 Å². The molecule has 2 aromatic carbocycles. The van der Waals surface area contributed by atoms with E-state index in [9.17, 15) is 18.8 Å². The van der Waals surface area contributed by atoms with Gasteiger partial charge in [0, 0.05) is 37.7 Å². The first kappa shape index (κ1) is 30.4. The van der Waals surface area contributed by atoms with Crippen molar-refractivity contribution in [3.63, 3.8) is 0 Å². The normalized spacial score (nSPS) is 10.0. The lowest BCUT2D eigenvalue weighted by atomic mass is 10.2. The van der Waals surface area contributed by atoms with Gasteiger partial charge in [-0.2, -0.15) is 0 Å². The summed E-state index contributed by atoms with van der Waals surface area (Å²) in [7, 11) is 0. The molecule has 39 heavy (non-hydrogen) atoms. The molecule has 0 atom stereocenters. The molecule has 0 aliphatic carbocycles. The molecule has 0 saturated heterocycles. The van der Waals surface area contributed by atoms with Crippen LogP contribution in [0.4, 0.5) is 15.2 Å². The molecule has 0 saturated carbocycles. The van der Waals surface area contributed by atoms with Gasteiger partial charge in [0.2, 0.25) is 5.91 Å². The molecule has 1 aromatic heterocycles. The van der Waals surface area contributed by atoms with Crippen LogP contribution in [0.2, 0.25) is 0 Å². The minimum absolute atomic E-state index is 0.120. The number of amidine groups is 1. The number of anilines is 2. The van der Waals surface area contributed by atoms with Crippen LogP contribution in [0.25, 0.3) is 0 Å². The Kier molecular flexibility index (Phi) is 11.0. The molecule has 0 spiro atoms. The summed E-state index contributed by atoms with van der Waals surface area (Å²) in [6, 6.07) is 9.41. The molecule has 0 aliphatic heterocycles. The Balaban J connectivity index is 0.00000124. The Hall–Kier alpha value is -4.85. The molecule has 0 bridgehead atoms. The van der Waals surface area contributed by atoms with Crippen LogP contribution in [0.15, 0.2) is 48.7 Å². The molecule has 6 N–H and O–H groups in total. The maximum absolute atomic E-state index is 14.1. The zero-order valence-electron chi connectivity index (χ0n) is 20.9. The standard InChI is InChI=1S/C23H22FN5O5S.C2H4O2/c1-2-29(10-9-19(30)28-15-6-3-13(4-7-15)21(31)32)23-27-12-18(35-23)22(33)34-17-8-5-14(20(25)26)11-16(17)24;1-2(3)4/h3-8,11-12H,2,9-10H2,1H3,(H3,25,26)(H,28,30)(H,31,32);1H3,(H,3,4). The van der Waals surface area contributed by atoms with E-state index in [0.717, 1.165) is 24.3 Å². The van der Waals surface area contributed by atoms with Crippen LogP contribution < -0.4 is 20.7 Å². The average molecular weight is 560 g/mol. The number of nitrogens with one attached hydrogen (secondary N) is 2. The van der Waals surface area contributed by atoms with Crippen LogP contribution in [0.1, 0.15) is 45.9 Å². The van der Waals surface area contributed by atoms with Crippen molar-refractivity contribution in [1.82, 2.24) is 4.98 Å². The number of aromatic carboxylic acids is 1. The number of amides is 1. The number of hydrogen-bond acceptors (Lipinski definition) is 9. The molecule has 1 heterocycles. The summed E-state index contributed by atoms with van der Waals surface area (Å²) < 4.78 is 19.3. The highest BCUT2D eigenvalue weighted by Gasteiger charge is 2.19. The molecule has 0 unspecified atom stereocenters. The van der Waals surface area contributed by atoms with Crippen molar-refractivity contribution in [2.24, 2.45) is 5.73 Å². The van der Waals surface area contributed by atoms with Gasteiger partial charge in [0.05, 0.1) is 11.8 Å². The predicted octanol–water partition coefficient (Wildman–Crippen LogP) is 3.43. The van der Waals surface area contributed by atoms with E-state index in [-0.39, 0.29) is 39.9 Å². The van der Waals surface area contributed by atoms with Crippen molar-refractivity contribution in [3.05, 3.63) is 70.5 Å². The number of carboxylic acid groups (broad SMARTS) is 2. The van der Waals surface area contributed by atoms with Crippen molar-refractivity contribution >= 4 is 51.8 Å². The topological polar surface area (TPSA) is 196 Å². The lowest BCUT2D eigenvalue weighted by molar-refractivity contribution is -0.134. The van der Waals surface area contributed by atoms with Crippen molar-refractivity contribution in [2.45, 2.75) is 20.3 Å². The van der Waals surface area contributed by atoms with Gasteiger partial charge in [-0.1, -0.05) is 11.3 Å². The van der Waals surface area contributed by atoms with Gasteiger partial charge in [-0.05, 0) is 49.4 Å². The van der Waals surface area contributed by atoms with Crippen LogP contribution in [0, 0.1) is 11.2 Å². The third kappa shape index (κ3) is 9.51. The molecule has 0 aliphatic rings. The number of rotatable bonds is 10. The van der Waals surface area contributed by atoms with E-state index in [1.54, 1.807) is 4.90 Å². The highest BCUT2D eigenvalue weighted by atomic mass is 32.1. The van der Waals surface area contributed by atoms with Gasteiger partial charge in [0.1, 0.15) is 10.7 Å². The third-order valence-electron chi connectivity index (χ3n) is 4.82. The molecule has 14 heteroatoms. The van der Waals surface area contributed by atoms with E-state index >= 15 is 0 Å². The fourth-order valence-corrected chi connectivity index (χ4v) is 3.83. The lowest BCUT2D eigenvalue weighted by Gasteiger charge is -2.19. The Labute approximate surface area is 226 Å². The van der Waals surface area contributed by atoms with Crippen molar-refractivity contribution in [3.8, 4) is 5.75 Å². The smallest absolute Gasteiger partial charge is 0.355 e. The summed E-state index contributed by atoms with van der Waals surface area (Å²) in [5.74, 6) is -4.37. The number of halogens is 1. The number of carbonyl (C=O) groups is 4. The number of esters is 1. The van der Waals surface area contributed by atoms with E-state index < -0.39 is 23.7 Å². The Morgan fingerprint density at radius 2 is 1.74 bits per heavy atom. The zero-order valence-corrected chi connectivity index (χ0v) is 21.8. The van der Waals surface area contributed by atoms with Gasteiger partial charge in [0.15, 0.2) is 16.7 Å². The Bertz CT molecular complexity index is 1360. The average Bonchev–Trinajstić information content (AvgIpc) is 3.36. The van der Waals surface area contributed by atoms with Gasteiger partial charge < -0.3 is 30.9 Å². The van der Waals surface area contributed by atoms with Gasteiger partial charge in [-0.3, -0.25) is 15.0 Å². The minimum atomic E-state index is -1.05. The second-order valence-corrected chi connectivity index (χ2v) is 8.74. The number of ether oxygens (including phenoxy) is 1. The summed E-state index contributed by atoms with van der Waals surface area (Å²) in [6.45, 7) is 3.79. The number of benzene rings is 2. The number of carboxylic acids is 2. The van der Waals surface area contributed by atoms with Crippen LogP contribution in [-0.2, 0) is 9.59 Å². The number of aromatic nitrogens is 1. The summed E-state index contributed by atoms with van der Waals surface area (Å²) in [6.07, 6.45) is 1.44. The zero-order chi connectivity index (χ0) is 29.1. The molecular weight excluding hydrogens is 533 g/mol. The van der Waals surface area contributed by atoms with E-state index in [0.29, 0.717) is 23.9 Å². The number of nitrogen functional groups attached to an aromatic ring is 1. The number of thiazole rings is 1. The lowest BCUT2D eigenvalue weighted by Crippen LogP contribution is -2.27. The van der Waals surface area contributed by atoms with Crippen LogP contribution >= 0.6 is 11.3 Å². The summed E-state index contributed by atoms with van der Waals surface area (Å²) in [4.78, 5) is 50.8. The quantitative estimate of drug-likeness (QED) is 0.106. The summed E-state index contributed by atoms with van der Waals surface area (Å²) in [5, 5.41) is 26.9. The molecule has 1 amide bonds. The number of hydrogen-bond donors (Lipinski definition) is 5. The van der Waals surface area contributed by atoms with Gasteiger partial charge >= 0.3 is 11.9 Å². The second-order valence-electron chi connectivity index (χ2n) is 7.73. The predicted molar refractivity (Wildman–Crippen MR) is 142 cm³/mol. The van der Waals surface area contributed by atoms with E-state index in [1.807, 2.05) is 6.92 Å². The maximum Gasteiger partial charge on any atom is 0.355 e. The van der Waals surface area contributed by atoms with Gasteiger partial charge in [-0.15, -0.1) is 0 Å². The molecular formula is C25H26FN5O7S. The van der Waals surface area contributed by atoms with Crippen molar-refractivity contribution < 1.29 is 38.5 Å². The first-order valence-electron chi connectivity index (χ1n) is 11.3. The van der Waals surface area contributed by atoms with Crippen molar-refractivity contribution in [2.75, 3.05) is 23.3 Å². The maximum atomic E-state index is 14.1. The van der Waals surface area contributed by atoms with E-state index in [4.69, 9.17) is 30.9 Å². The molecule has 206 valence electrons. The van der Waals surface area contributed by atoms with Gasteiger partial charge in [-0.25, -0.2) is 19.0 Å². The largest absolute Gasteiger partial charge is 0.481 e. The number of nitrogens with two attached hydrogens (primary N) is 1. The number of nitrogens with zero attached hydrogens (tertiary/aromatic N) is 2.